The van der Waals surface area contributed by atoms with Crippen LogP contribution in [0.2, 0.25) is 5.02 Å². The van der Waals surface area contributed by atoms with E-state index in [-0.39, 0.29) is 11.3 Å². The van der Waals surface area contributed by atoms with E-state index in [1.807, 2.05) is 30.3 Å². The van der Waals surface area contributed by atoms with Crippen LogP contribution >= 0.6 is 11.6 Å². The lowest BCUT2D eigenvalue weighted by Gasteiger charge is -2.25. The molecule has 0 radical (unpaired) electrons. The number of hydrogen-bond acceptors (Lipinski definition) is 4. The first-order valence-electron chi connectivity index (χ1n) is 8.60. The highest BCUT2D eigenvalue weighted by molar-refractivity contribution is 6.51. The Bertz CT molecular complexity index is 1060. The van der Waals surface area contributed by atoms with E-state index in [1.54, 1.807) is 42.6 Å². The quantitative estimate of drug-likeness (QED) is 0.410. The summed E-state index contributed by atoms with van der Waals surface area (Å²) >= 11 is 5.92. The van der Waals surface area contributed by atoms with E-state index in [0.29, 0.717) is 21.8 Å². The Morgan fingerprint density at radius 2 is 1.68 bits per heavy atom. The van der Waals surface area contributed by atoms with Crippen LogP contribution in [0.5, 0.6) is 0 Å². The monoisotopic (exact) mass is 390 g/mol. The second kappa shape index (κ2) is 7.29. The van der Waals surface area contributed by atoms with Gasteiger partial charge in [0.25, 0.3) is 11.7 Å². The van der Waals surface area contributed by atoms with Gasteiger partial charge in [0.1, 0.15) is 5.76 Å². The topological polar surface area (TPSA) is 70.5 Å². The number of pyridine rings is 1. The average Bonchev–Trinajstić information content (AvgIpc) is 3.00. The average molecular weight is 391 g/mol. The molecule has 138 valence electrons. The summed E-state index contributed by atoms with van der Waals surface area (Å²) in [5, 5.41) is 11.4. The summed E-state index contributed by atoms with van der Waals surface area (Å²) in [5.74, 6) is -1.70. The van der Waals surface area contributed by atoms with Crippen molar-refractivity contribution in [1.29, 1.82) is 0 Å². The van der Waals surface area contributed by atoms with E-state index in [2.05, 4.69) is 4.98 Å². The highest BCUT2D eigenvalue weighted by Gasteiger charge is 2.46. The third-order valence-corrected chi connectivity index (χ3v) is 4.85. The van der Waals surface area contributed by atoms with Crippen molar-refractivity contribution in [3.05, 3.63) is 101 Å². The van der Waals surface area contributed by atoms with Gasteiger partial charge < -0.3 is 5.11 Å². The van der Waals surface area contributed by atoms with E-state index in [0.717, 1.165) is 0 Å². The van der Waals surface area contributed by atoms with Gasteiger partial charge in [-0.05, 0) is 42.0 Å². The van der Waals surface area contributed by atoms with Crippen LogP contribution in [0.15, 0.2) is 84.7 Å². The standard InChI is InChI=1S/C22H15ClN2O3/c23-16-10-8-15(9-11-16)20(26)18-19(14-5-2-1-3-6-14)25(22(28)21(18)27)17-7-4-12-24-13-17/h1-13,19,26H/t19-/m1/s1. The van der Waals surface area contributed by atoms with Crippen molar-refractivity contribution in [2.45, 2.75) is 6.04 Å². The molecule has 5 nitrogen and oxygen atoms in total. The molecular weight excluding hydrogens is 376 g/mol. The Kier molecular flexibility index (Phi) is 4.67. The van der Waals surface area contributed by atoms with Crippen molar-refractivity contribution in [1.82, 2.24) is 4.98 Å². The summed E-state index contributed by atoms with van der Waals surface area (Å²) in [4.78, 5) is 31.2. The molecular formula is C22H15ClN2O3. The number of amides is 1. The van der Waals surface area contributed by atoms with Gasteiger partial charge in [-0.2, -0.15) is 0 Å². The Morgan fingerprint density at radius 1 is 0.964 bits per heavy atom. The zero-order chi connectivity index (χ0) is 19.7. The highest BCUT2D eigenvalue weighted by atomic mass is 35.5. The molecule has 1 aliphatic heterocycles. The minimum atomic E-state index is -0.763. The van der Waals surface area contributed by atoms with Gasteiger partial charge in [-0.3, -0.25) is 19.5 Å². The van der Waals surface area contributed by atoms with Gasteiger partial charge in [-0.1, -0.05) is 41.9 Å². The van der Waals surface area contributed by atoms with Gasteiger partial charge in [0.2, 0.25) is 0 Å². The van der Waals surface area contributed by atoms with Crippen molar-refractivity contribution >= 4 is 34.7 Å². The Balaban J connectivity index is 1.94. The molecule has 0 saturated carbocycles. The Morgan fingerprint density at radius 3 is 2.32 bits per heavy atom. The summed E-state index contributed by atoms with van der Waals surface area (Å²) in [6, 6.07) is 18.2. The predicted octanol–water partition coefficient (Wildman–Crippen LogP) is 4.36. The molecule has 3 aromatic rings. The van der Waals surface area contributed by atoms with Crippen LogP contribution in [0.3, 0.4) is 0 Å². The number of aliphatic hydroxyl groups excluding tert-OH is 1. The molecule has 0 unspecified atom stereocenters. The van der Waals surface area contributed by atoms with Gasteiger partial charge in [-0.25, -0.2) is 0 Å². The second-order valence-electron chi connectivity index (χ2n) is 6.30. The largest absolute Gasteiger partial charge is 0.507 e. The molecule has 4 rings (SSSR count). The summed E-state index contributed by atoms with van der Waals surface area (Å²) in [7, 11) is 0. The van der Waals surface area contributed by atoms with Gasteiger partial charge in [0.15, 0.2) is 0 Å². The predicted molar refractivity (Wildman–Crippen MR) is 107 cm³/mol. The normalized spacial score (nSPS) is 18.5. The fraction of sp³-hybridized carbons (Fsp3) is 0.0455. The van der Waals surface area contributed by atoms with Crippen LogP contribution in [0.1, 0.15) is 17.2 Å². The van der Waals surface area contributed by atoms with E-state index in [1.165, 1.54) is 11.1 Å². The van der Waals surface area contributed by atoms with Crippen molar-refractivity contribution < 1.29 is 14.7 Å². The number of hydrogen-bond donors (Lipinski definition) is 1. The van der Waals surface area contributed by atoms with Crippen LogP contribution in [0, 0.1) is 0 Å². The molecule has 0 spiro atoms. The van der Waals surface area contributed by atoms with Crippen LogP contribution in [0.25, 0.3) is 5.76 Å². The number of nitrogens with zero attached hydrogens (tertiary/aromatic N) is 2. The number of carbonyl (C=O) groups is 2. The third kappa shape index (κ3) is 3.06. The fourth-order valence-corrected chi connectivity index (χ4v) is 3.44. The molecule has 1 aliphatic rings. The smallest absolute Gasteiger partial charge is 0.300 e. The Hall–Kier alpha value is -3.44. The van der Waals surface area contributed by atoms with E-state index in [9.17, 15) is 14.7 Å². The molecule has 1 atom stereocenters. The molecule has 1 saturated heterocycles. The van der Waals surface area contributed by atoms with Crippen molar-refractivity contribution in [2.24, 2.45) is 0 Å². The van der Waals surface area contributed by atoms with Crippen LogP contribution in [0.4, 0.5) is 5.69 Å². The summed E-state index contributed by atoms with van der Waals surface area (Å²) in [5.41, 5.74) is 1.63. The minimum absolute atomic E-state index is 0.0300. The lowest BCUT2D eigenvalue weighted by atomic mass is 9.95. The maximum Gasteiger partial charge on any atom is 0.300 e. The number of aliphatic hydroxyl groups is 1. The zero-order valence-corrected chi connectivity index (χ0v) is 15.4. The van der Waals surface area contributed by atoms with E-state index >= 15 is 0 Å². The van der Waals surface area contributed by atoms with Crippen LogP contribution in [-0.2, 0) is 9.59 Å². The molecule has 28 heavy (non-hydrogen) atoms. The molecule has 0 bridgehead atoms. The van der Waals surface area contributed by atoms with Crippen molar-refractivity contribution in [2.75, 3.05) is 4.90 Å². The molecule has 0 aliphatic carbocycles. The maximum absolute atomic E-state index is 12.9. The number of benzene rings is 2. The van der Waals surface area contributed by atoms with Crippen LogP contribution in [-0.4, -0.2) is 21.8 Å². The van der Waals surface area contributed by atoms with Gasteiger partial charge >= 0.3 is 0 Å². The van der Waals surface area contributed by atoms with Crippen LogP contribution < -0.4 is 4.90 Å². The van der Waals surface area contributed by atoms with E-state index in [4.69, 9.17) is 11.6 Å². The first-order chi connectivity index (χ1) is 13.6. The number of Topliss-reactive ketones (excluding diaryl/α,β-unsaturated/α-hetero) is 1. The number of halogens is 1. The third-order valence-electron chi connectivity index (χ3n) is 4.60. The highest BCUT2D eigenvalue weighted by Crippen LogP contribution is 2.41. The Labute approximate surface area is 166 Å². The minimum Gasteiger partial charge on any atom is -0.507 e. The molecule has 1 aromatic heterocycles. The molecule has 1 fully saturated rings. The first-order valence-corrected chi connectivity index (χ1v) is 8.97. The lowest BCUT2D eigenvalue weighted by molar-refractivity contribution is -0.132. The SMILES string of the molecule is O=C1C(=O)N(c2cccnc2)[C@H](c2ccccc2)C1=C(O)c1ccc(Cl)cc1. The zero-order valence-electron chi connectivity index (χ0n) is 14.6. The maximum atomic E-state index is 12.9. The summed E-state index contributed by atoms with van der Waals surface area (Å²) < 4.78 is 0. The number of carbonyl (C=O) groups excluding carboxylic acids is 2. The molecule has 1 amide bonds. The molecule has 2 aromatic carbocycles. The lowest BCUT2D eigenvalue weighted by Crippen LogP contribution is -2.29. The summed E-state index contributed by atoms with van der Waals surface area (Å²) in [6.45, 7) is 0. The molecule has 1 N–H and O–H groups in total. The number of aromatic nitrogens is 1. The van der Waals surface area contributed by atoms with Crippen molar-refractivity contribution in [3.8, 4) is 0 Å². The number of ketones is 1. The van der Waals surface area contributed by atoms with Gasteiger partial charge in [0, 0.05) is 16.8 Å². The van der Waals surface area contributed by atoms with Gasteiger partial charge in [-0.15, -0.1) is 0 Å². The number of rotatable bonds is 3. The first kappa shape index (κ1) is 17.9. The molecule has 6 heteroatoms. The number of anilines is 1. The molecule has 2 heterocycles. The van der Waals surface area contributed by atoms with E-state index < -0.39 is 17.7 Å². The van der Waals surface area contributed by atoms with Gasteiger partial charge in [0.05, 0.1) is 23.5 Å². The second-order valence-corrected chi connectivity index (χ2v) is 6.73. The van der Waals surface area contributed by atoms with Crippen molar-refractivity contribution in [3.63, 3.8) is 0 Å². The fourth-order valence-electron chi connectivity index (χ4n) is 3.31. The summed E-state index contributed by atoms with van der Waals surface area (Å²) in [6.07, 6.45) is 3.11.